The first-order chi connectivity index (χ1) is 7.20. The maximum Gasteiger partial charge on any atom is 0.396 e. The minimum atomic E-state index is -0.242. The van der Waals surface area contributed by atoms with Gasteiger partial charge in [-0.3, -0.25) is 0 Å². The molecule has 15 heavy (non-hydrogen) atoms. The molecule has 2 N–H and O–H groups in total. The first-order valence-corrected chi connectivity index (χ1v) is 5.76. The maximum absolute atomic E-state index is 11.0. The van der Waals surface area contributed by atoms with E-state index in [4.69, 9.17) is 10.2 Å². The second-order valence-electron chi connectivity index (χ2n) is 3.64. The van der Waals surface area contributed by atoms with E-state index in [1.54, 1.807) is 0 Å². The Morgan fingerprint density at radius 1 is 1.53 bits per heavy atom. The van der Waals surface area contributed by atoms with Crippen LogP contribution in [0.4, 0.5) is 0 Å². The molecule has 0 aliphatic rings. The number of fused-ring (bicyclic) bond motifs is 1. The number of benzene rings is 1. The Balaban J connectivity index is 2.41. The predicted molar refractivity (Wildman–Crippen MR) is 62.4 cm³/mol. The van der Waals surface area contributed by atoms with Crippen LogP contribution in [-0.4, -0.2) is 6.54 Å². The van der Waals surface area contributed by atoms with Crippen molar-refractivity contribution in [3.05, 3.63) is 33.5 Å². The summed E-state index contributed by atoms with van der Waals surface area (Å²) in [6.07, 6.45) is 0.957. The number of hydrogen-bond acceptors (Lipinski definition) is 4. The third-order valence-electron chi connectivity index (χ3n) is 2.52. The fourth-order valence-corrected chi connectivity index (χ4v) is 2.33. The molecular formula is C11H13NO2S. The lowest BCUT2D eigenvalue weighted by molar-refractivity contribution is 0.585. The summed E-state index contributed by atoms with van der Waals surface area (Å²) >= 11 is 1.15. The molecule has 0 amide bonds. The summed E-state index contributed by atoms with van der Waals surface area (Å²) in [6.45, 7) is 2.82. The molecule has 1 unspecified atom stereocenters. The second kappa shape index (κ2) is 4.16. The molecule has 2 rings (SSSR count). The Hall–Kier alpha value is -1.13. The zero-order valence-electron chi connectivity index (χ0n) is 8.53. The van der Waals surface area contributed by atoms with Crippen molar-refractivity contribution in [1.82, 2.24) is 0 Å². The van der Waals surface area contributed by atoms with Crippen LogP contribution < -0.4 is 10.7 Å². The van der Waals surface area contributed by atoms with Gasteiger partial charge in [0, 0.05) is 0 Å². The average Bonchev–Trinajstić information content (AvgIpc) is 2.57. The van der Waals surface area contributed by atoms with Gasteiger partial charge in [-0.05, 0) is 36.6 Å². The van der Waals surface area contributed by atoms with Crippen molar-refractivity contribution in [3.8, 4) is 0 Å². The van der Waals surface area contributed by atoms with Crippen molar-refractivity contribution >= 4 is 21.6 Å². The van der Waals surface area contributed by atoms with E-state index >= 15 is 0 Å². The van der Waals surface area contributed by atoms with E-state index in [0.29, 0.717) is 18.0 Å². The zero-order valence-corrected chi connectivity index (χ0v) is 9.34. The molecule has 0 fully saturated rings. The molecule has 80 valence electrons. The van der Waals surface area contributed by atoms with Crippen LogP contribution in [0.1, 0.15) is 24.8 Å². The van der Waals surface area contributed by atoms with E-state index in [-0.39, 0.29) is 4.94 Å². The van der Waals surface area contributed by atoms with E-state index in [2.05, 4.69) is 6.92 Å². The summed E-state index contributed by atoms with van der Waals surface area (Å²) in [6, 6.07) is 5.87. The monoisotopic (exact) mass is 223 g/mol. The third kappa shape index (κ3) is 2.11. The minimum Gasteiger partial charge on any atom is -0.414 e. The Labute approximate surface area is 91.5 Å². The third-order valence-corrected chi connectivity index (χ3v) is 3.31. The molecule has 1 heterocycles. The van der Waals surface area contributed by atoms with Gasteiger partial charge in [0.15, 0.2) is 0 Å². The van der Waals surface area contributed by atoms with Gasteiger partial charge in [-0.2, -0.15) is 0 Å². The highest BCUT2D eigenvalue weighted by molar-refractivity contribution is 7.16. The van der Waals surface area contributed by atoms with Gasteiger partial charge in [0.25, 0.3) is 0 Å². The lowest BCUT2D eigenvalue weighted by atomic mass is 9.98. The van der Waals surface area contributed by atoms with Crippen LogP contribution in [0.3, 0.4) is 0 Å². The molecule has 0 aliphatic heterocycles. The van der Waals surface area contributed by atoms with E-state index in [1.807, 2.05) is 18.2 Å². The van der Waals surface area contributed by atoms with Gasteiger partial charge in [0.05, 0.1) is 4.70 Å². The molecule has 2 aromatic rings. The molecule has 0 aliphatic carbocycles. The van der Waals surface area contributed by atoms with Crippen molar-refractivity contribution in [2.75, 3.05) is 6.54 Å². The van der Waals surface area contributed by atoms with Crippen molar-refractivity contribution < 1.29 is 4.42 Å². The van der Waals surface area contributed by atoms with Crippen LogP contribution in [0, 0.1) is 0 Å². The highest BCUT2D eigenvalue weighted by Gasteiger charge is 2.07. The highest BCUT2D eigenvalue weighted by atomic mass is 32.1. The van der Waals surface area contributed by atoms with Crippen molar-refractivity contribution in [2.45, 2.75) is 19.3 Å². The highest BCUT2D eigenvalue weighted by Crippen LogP contribution is 2.24. The molecule has 0 saturated carbocycles. The molecule has 1 atom stereocenters. The van der Waals surface area contributed by atoms with Crippen LogP contribution in [0.15, 0.2) is 27.4 Å². The summed E-state index contributed by atoms with van der Waals surface area (Å²) < 4.78 is 5.92. The van der Waals surface area contributed by atoms with Crippen LogP contribution in [0.25, 0.3) is 10.3 Å². The first kappa shape index (κ1) is 10.4. The summed E-state index contributed by atoms with van der Waals surface area (Å²) in [5.41, 5.74) is 7.41. The SMILES string of the molecule is CC(CCN)c1ccc2oc(=O)sc2c1. The minimum absolute atomic E-state index is 0.242. The van der Waals surface area contributed by atoms with Crippen LogP contribution in [0.5, 0.6) is 0 Å². The van der Waals surface area contributed by atoms with Gasteiger partial charge in [-0.15, -0.1) is 0 Å². The van der Waals surface area contributed by atoms with E-state index < -0.39 is 0 Å². The molecule has 1 aromatic carbocycles. The molecule has 0 bridgehead atoms. The molecular weight excluding hydrogens is 210 g/mol. The maximum atomic E-state index is 11.0. The standard InChI is InChI=1S/C11H13NO2S/c1-7(4-5-12)8-2-3-9-10(6-8)15-11(13)14-9/h2-3,6-7H,4-5,12H2,1H3. The molecule has 0 spiro atoms. The topological polar surface area (TPSA) is 56.2 Å². The zero-order chi connectivity index (χ0) is 10.8. The average molecular weight is 223 g/mol. The lowest BCUT2D eigenvalue weighted by Gasteiger charge is -2.09. The summed E-state index contributed by atoms with van der Waals surface area (Å²) in [5, 5.41) is 0. The van der Waals surface area contributed by atoms with Gasteiger partial charge < -0.3 is 10.2 Å². The van der Waals surface area contributed by atoms with Gasteiger partial charge in [-0.25, -0.2) is 4.79 Å². The smallest absolute Gasteiger partial charge is 0.396 e. The van der Waals surface area contributed by atoms with Crippen LogP contribution >= 0.6 is 11.3 Å². The Morgan fingerprint density at radius 3 is 3.07 bits per heavy atom. The fourth-order valence-electron chi connectivity index (χ4n) is 1.61. The summed E-state index contributed by atoms with van der Waals surface area (Å²) in [5.74, 6) is 0.427. The van der Waals surface area contributed by atoms with Gasteiger partial charge in [0.1, 0.15) is 5.58 Å². The first-order valence-electron chi connectivity index (χ1n) is 4.94. The quantitative estimate of drug-likeness (QED) is 0.868. The van der Waals surface area contributed by atoms with E-state index in [0.717, 1.165) is 22.5 Å². The Morgan fingerprint density at radius 2 is 2.33 bits per heavy atom. The van der Waals surface area contributed by atoms with Gasteiger partial charge in [0.2, 0.25) is 0 Å². The Kier molecular flexibility index (Phi) is 2.88. The number of hydrogen-bond donors (Lipinski definition) is 1. The van der Waals surface area contributed by atoms with Crippen LogP contribution in [-0.2, 0) is 0 Å². The summed E-state index contributed by atoms with van der Waals surface area (Å²) in [4.78, 5) is 10.8. The second-order valence-corrected chi connectivity index (χ2v) is 4.62. The fraction of sp³-hybridized carbons (Fsp3) is 0.364. The number of rotatable bonds is 3. The molecule has 0 saturated heterocycles. The molecule has 4 heteroatoms. The van der Waals surface area contributed by atoms with Crippen molar-refractivity contribution in [1.29, 1.82) is 0 Å². The Bertz CT molecular complexity index is 515. The molecule has 3 nitrogen and oxygen atoms in total. The van der Waals surface area contributed by atoms with E-state index in [1.165, 1.54) is 5.56 Å². The van der Waals surface area contributed by atoms with E-state index in [9.17, 15) is 4.79 Å². The molecule has 1 aromatic heterocycles. The van der Waals surface area contributed by atoms with Crippen LogP contribution in [0.2, 0.25) is 0 Å². The van der Waals surface area contributed by atoms with Crippen molar-refractivity contribution in [3.63, 3.8) is 0 Å². The largest absolute Gasteiger partial charge is 0.414 e. The normalized spacial score (nSPS) is 13.2. The number of nitrogens with two attached hydrogens (primary N) is 1. The van der Waals surface area contributed by atoms with Crippen molar-refractivity contribution in [2.24, 2.45) is 5.73 Å². The summed E-state index contributed by atoms with van der Waals surface area (Å²) in [7, 11) is 0. The molecule has 0 radical (unpaired) electrons. The lowest BCUT2D eigenvalue weighted by Crippen LogP contribution is -2.04. The van der Waals surface area contributed by atoms with Gasteiger partial charge >= 0.3 is 4.94 Å². The van der Waals surface area contributed by atoms with Gasteiger partial charge in [-0.1, -0.05) is 24.3 Å². The predicted octanol–water partition coefficient (Wildman–Crippen LogP) is 2.31.